The number of halogens is 1. The third-order valence-corrected chi connectivity index (χ3v) is 2.57. The van der Waals surface area contributed by atoms with E-state index in [2.05, 4.69) is 18.3 Å². The highest BCUT2D eigenvalue weighted by molar-refractivity contribution is 6.30. The van der Waals surface area contributed by atoms with Gasteiger partial charge in [0.1, 0.15) is 0 Å². The van der Waals surface area contributed by atoms with Gasteiger partial charge in [0.2, 0.25) is 0 Å². The Morgan fingerprint density at radius 2 is 1.93 bits per heavy atom. The SMILES string of the molecule is CC(C#N)CN[C@@H](C)c1ccc(Cl)cc1. The second kappa shape index (κ2) is 5.75. The van der Waals surface area contributed by atoms with Crippen molar-refractivity contribution in [1.82, 2.24) is 5.32 Å². The van der Waals surface area contributed by atoms with E-state index in [1.54, 1.807) is 0 Å². The number of nitriles is 1. The molecule has 0 fully saturated rings. The Balaban J connectivity index is 2.51. The highest BCUT2D eigenvalue weighted by atomic mass is 35.5. The molecule has 2 nitrogen and oxygen atoms in total. The van der Waals surface area contributed by atoms with E-state index < -0.39 is 0 Å². The molecule has 80 valence electrons. The lowest BCUT2D eigenvalue weighted by Crippen LogP contribution is -2.23. The van der Waals surface area contributed by atoms with Gasteiger partial charge >= 0.3 is 0 Å². The molecule has 1 unspecified atom stereocenters. The first-order valence-corrected chi connectivity index (χ1v) is 5.39. The van der Waals surface area contributed by atoms with Gasteiger partial charge in [-0.15, -0.1) is 0 Å². The lowest BCUT2D eigenvalue weighted by atomic mass is 10.1. The molecule has 1 rings (SSSR count). The first kappa shape index (κ1) is 12.0. The number of nitrogens with zero attached hydrogens (tertiary/aromatic N) is 1. The van der Waals surface area contributed by atoms with Crippen LogP contribution in [0.1, 0.15) is 25.5 Å². The second-order valence-electron chi connectivity index (χ2n) is 3.71. The second-order valence-corrected chi connectivity index (χ2v) is 4.15. The normalized spacial score (nSPS) is 14.3. The first-order valence-electron chi connectivity index (χ1n) is 5.02. The molecular formula is C12H15ClN2. The average Bonchev–Trinajstić information content (AvgIpc) is 2.26. The van der Waals surface area contributed by atoms with Crippen LogP contribution in [0.4, 0.5) is 0 Å². The van der Waals surface area contributed by atoms with Gasteiger partial charge in [0.25, 0.3) is 0 Å². The van der Waals surface area contributed by atoms with Gasteiger partial charge in [0.15, 0.2) is 0 Å². The van der Waals surface area contributed by atoms with Gasteiger partial charge in [-0.1, -0.05) is 23.7 Å². The summed E-state index contributed by atoms with van der Waals surface area (Å²) < 4.78 is 0. The minimum atomic E-state index is 0.0414. The summed E-state index contributed by atoms with van der Waals surface area (Å²) in [5.74, 6) is 0.0414. The van der Waals surface area contributed by atoms with E-state index in [1.165, 1.54) is 5.56 Å². The van der Waals surface area contributed by atoms with Crippen LogP contribution in [0.25, 0.3) is 0 Å². The molecule has 0 saturated carbocycles. The third-order valence-electron chi connectivity index (χ3n) is 2.32. The van der Waals surface area contributed by atoms with E-state index >= 15 is 0 Å². The lowest BCUT2D eigenvalue weighted by molar-refractivity contribution is 0.528. The van der Waals surface area contributed by atoms with Crippen molar-refractivity contribution in [2.45, 2.75) is 19.9 Å². The van der Waals surface area contributed by atoms with Gasteiger partial charge in [-0.2, -0.15) is 5.26 Å². The molecule has 0 aromatic heterocycles. The molecule has 0 aliphatic rings. The van der Waals surface area contributed by atoms with Crippen LogP contribution >= 0.6 is 11.6 Å². The first-order chi connectivity index (χ1) is 7.13. The summed E-state index contributed by atoms with van der Waals surface area (Å²) in [5, 5.41) is 12.7. The van der Waals surface area contributed by atoms with Crippen molar-refractivity contribution in [3.05, 3.63) is 34.9 Å². The fourth-order valence-corrected chi connectivity index (χ4v) is 1.39. The summed E-state index contributed by atoms with van der Waals surface area (Å²) in [4.78, 5) is 0. The van der Waals surface area contributed by atoms with E-state index in [1.807, 2.05) is 31.2 Å². The van der Waals surface area contributed by atoms with Crippen LogP contribution in [0, 0.1) is 17.2 Å². The lowest BCUT2D eigenvalue weighted by Gasteiger charge is -2.14. The zero-order valence-corrected chi connectivity index (χ0v) is 9.75. The van der Waals surface area contributed by atoms with Crippen molar-refractivity contribution in [3.8, 4) is 6.07 Å². The number of benzene rings is 1. The maximum absolute atomic E-state index is 8.65. The molecule has 15 heavy (non-hydrogen) atoms. The quantitative estimate of drug-likeness (QED) is 0.850. The van der Waals surface area contributed by atoms with Crippen molar-refractivity contribution < 1.29 is 0 Å². The van der Waals surface area contributed by atoms with Gasteiger partial charge in [-0.05, 0) is 31.5 Å². The number of rotatable bonds is 4. The van der Waals surface area contributed by atoms with Crippen LogP contribution in [0.5, 0.6) is 0 Å². The monoisotopic (exact) mass is 222 g/mol. The van der Waals surface area contributed by atoms with Crippen LogP contribution in [-0.2, 0) is 0 Å². The summed E-state index contributed by atoms with van der Waals surface area (Å²) in [6, 6.07) is 10.2. The van der Waals surface area contributed by atoms with Crippen molar-refractivity contribution in [3.63, 3.8) is 0 Å². The molecule has 0 aliphatic heterocycles. The van der Waals surface area contributed by atoms with E-state index in [-0.39, 0.29) is 12.0 Å². The summed E-state index contributed by atoms with van der Waals surface area (Å²) in [6.07, 6.45) is 0. The largest absolute Gasteiger partial charge is 0.309 e. The van der Waals surface area contributed by atoms with E-state index in [0.29, 0.717) is 6.54 Å². The van der Waals surface area contributed by atoms with Crippen molar-refractivity contribution in [1.29, 1.82) is 5.26 Å². The number of hydrogen-bond acceptors (Lipinski definition) is 2. The molecule has 0 amide bonds. The zero-order valence-electron chi connectivity index (χ0n) is 9.00. The van der Waals surface area contributed by atoms with Gasteiger partial charge in [-0.25, -0.2) is 0 Å². The summed E-state index contributed by atoms with van der Waals surface area (Å²) in [5.41, 5.74) is 1.18. The van der Waals surface area contributed by atoms with Crippen LogP contribution in [0.15, 0.2) is 24.3 Å². The van der Waals surface area contributed by atoms with E-state index in [4.69, 9.17) is 16.9 Å². The molecule has 2 atom stereocenters. The molecule has 1 aromatic rings. The molecule has 0 spiro atoms. The standard InChI is InChI=1S/C12H15ClN2/c1-9(7-14)8-15-10(2)11-3-5-12(13)6-4-11/h3-6,9-10,15H,8H2,1-2H3/t9?,10-/m0/s1. The smallest absolute Gasteiger partial charge is 0.0666 e. The molecular weight excluding hydrogens is 208 g/mol. The highest BCUT2D eigenvalue weighted by Gasteiger charge is 2.06. The van der Waals surface area contributed by atoms with Crippen LogP contribution < -0.4 is 5.32 Å². The Morgan fingerprint density at radius 3 is 2.47 bits per heavy atom. The number of hydrogen-bond donors (Lipinski definition) is 1. The predicted molar refractivity (Wildman–Crippen MR) is 62.6 cm³/mol. The van der Waals surface area contributed by atoms with E-state index in [0.717, 1.165) is 5.02 Å². The highest BCUT2D eigenvalue weighted by Crippen LogP contribution is 2.15. The fourth-order valence-electron chi connectivity index (χ4n) is 1.27. The van der Waals surface area contributed by atoms with Crippen molar-refractivity contribution in [2.75, 3.05) is 6.54 Å². The molecule has 1 aromatic carbocycles. The van der Waals surface area contributed by atoms with Crippen molar-refractivity contribution in [2.24, 2.45) is 5.92 Å². The molecule has 3 heteroatoms. The molecule has 0 heterocycles. The Kier molecular flexibility index (Phi) is 4.61. The Labute approximate surface area is 95.9 Å². The molecule has 1 N–H and O–H groups in total. The summed E-state index contributed by atoms with van der Waals surface area (Å²) >= 11 is 5.80. The van der Waals surface area contributed by atoms with Gasteiger partial charge < -0.3 is 5.32 Å². The Morgan fingerprint density at radius 1 is 1.33 bits per heavy atom. The van der Waals surface area contributed by atoms with Crippen LogP contribution in [0.3, 0.4) is 0 Å². The molecule has 0 aliphatic carbocycles. The summed E-state index contributed by atoms with van der Waals surface area (Å²) in [6.45, 7) is 4.69. The molecule has 0 radical (unpaired) electrons. The Hall–Kier alpha value is -1.04. The van der Waals surface area contributed by atoms with E-state index in [9.17, 15) is 0 Å². The number of nitrogens with one attached hydrogen (secondary N) is 1. The summed E-state index contributed by atoms with van der Waals surface area (Å²) in [7, 11) is 0. The van der Waals surface area contributed by atoms with Crippen LogP contribution in [0.2, 0.25) is 5.02 Å². The Bertz CT molecular complexity index is 340. The minimum Gasteiger partial charge on any atom is -0.309 e. The van der Waals surface area contributed by atoms with Gasteiger partial charge in [0, 0.05) is 17.6 Å². The van der Waals surface area contributed by atoms with Crippen LogP contribution in [-0.4, -0.2) is 6.54 Å². The maximum atomic E-state index is 8.65. The third kappa shape index (κ3) is 3.91. The predicted octanol–water partition coefficient (Wildman–Crippen LogP) is 3.15. The maximum Gasteiger partial charge on any atom is 0.0666 e. The van der Waals surface area contributed by atoms with Gasteiger partial charge in [0.05, 0.1) is 12.0 Å². The average molecular weight is 223 g/mol. The zero-order chi connectivity index (χ0) is 11.3. The fraction of sp³-hybridized carbons (Fsp3) is 0.417. The van der Waals surface area contributed by atoms with Crippen molar-refractivity contribution >= 4 is 11.6 Å². The molecule has 0 bridgehead atoms. The topological polar surface area (TPSA) is 35.8 Å². The van der Waals surface area contributed by atoms with Gasteiger partial charge in [-0.3, -0.25) is 0 Å². The molecule has 0 saturated heterocycles. The minimum absolute atomic E-state index is 0.0414.